The number of ether oxygens (including phenoxy) is 1. The summed E-state index contributed by atoms with van der Waals surface area (Å²) in [5.74, 6) is -0.300. The summed E-state index contributed by atoms with van der Waals surface area (Å²) in [6, 6.07) is 19.9. The molecule has 2 atom stereocenters. The van der Waals surface area contributed by atoms with Crippen molar-refractivity contribution in [1.82, 2.24) is 14.9 Å². The smallest absolute Gasteiger partial charge is 0.250 e. The summed E-state index contributed by atoms with van der Waals surface area (Å²) in [7, 11) is 1.46. The van der Waals surface area contributed by atoms with Gasteiger partial charge in [-0.1, -0.05) is 40.9 Å². The maximum atomic E-state index is 12.0. The Kier molecular flexibility index (Phi) is 7.88. The molecule has 0 bridgehead atoms. The topological polar surface area (TPSA) is 71.4 Å². The summed E-state index contributed by atoms with van der Waals surface area (Å²) in [5, 5.41) is 8.14. The standard InChI is InChI=1S/C27H22Cl3N5O2S/c1-37-15-24(36)32-20-9-8-17(14-18(20)29)35-26(25(33-27(35)38)21-5-2-3-11-31-21)23-6-4-12-34(23)22-10-7-16(28)13-19(22)30/h2-14,25-26H,15H2,1H3,(H,32,36)(H,33,38). The number of benzene rings is 2. The Bertz CT molecular complexity index is 1500. The molecule has 1 saturated heterocycles. The van der Waals surface area contributed by atoms with E-state index in [1.54, 1.807) is 30.5 Å². The summed E-state index contributed by atoms with van der Waals surface area (Å²) in [4.78, 5) is 18.6. The lowest BCUT2D eigenvalue weighted by molar-refractivity contribution is -0.119. The number of thiocarbonyl (C=S) groups is 1. The van der Waals surface area contributed by atoms with Crippen molar-refractivity contribution in [2.24, 2.45) is 0 Å². The third kappa shape index (κ3) is 5.23. The first-order valence-electron chi connectivity index (χ1n) is 11.6. The highest BCUT2D eigenvalue weighted by Gasteiger charge is 2.42. The molecule has 2 N–H and O–H groups in total. The summed E-state index contributed by atoms with van der Waals surface area (Å²) < 4.78 is 6.91. The van der Waals surface area contributed by atoms with E-state index in [1.165, 1.54) is 7.11 Å². The van der Waals surface area contributed by atoms with Crippen LogP contribution in [-0.4, -0.2) is 34.3 Å². The molecule has 3 heterocycles. The molecule has 5 rings (SSSR count). The Labute approximate surface area is 240 Å². The second kappa shape index (κ2) is 11.3. The predicted molar refractivity (Wildman–Crippen MR) is 156 cm³/mol. The van der Waals surface area contributed by atoms with Crippen molar-refractivity contribution in [2.45, 2.75) is 12.1 Å². The number of nitrogens with zero attached hydrogens (tertiary/aromatic N) is 3. The van der Waals surface area contributed by atoms with Crippen LogP contribution in [0.1, 0.15) is 23.5 Å². The predicted octanol–water partition coefficient (Wildman–Crippen LogP) is 6.59. The van der Waals surface area contributed by atoms with E-state index in [-0.39, 0.29) is 24.6 Å². The van der Waals surface area contributed by atoms with Crippen molar-refractivity contribution >= 4 is 69.4 Å². The van der Waals surface area contributed by atoms with Gasteiger partial charge in [0.25, 0.3) is 0 Å². The van der Waals surface area contributed by atoms with Crippen LogP contribution in [0.25, 0.3) is 5.69 Å². The Morgan fingerprint density at radius 2 is 1.92 bits per heavy atom. The summed E-state index contributed by atoms with van der Waals surface area (Å²) in [6.07, 6.45) is 3.70. The van der Waals surface area contributed by atoms with Gasteiger partial charge in [0.2, 0.25) is 5.91 Å². The van der Waals surface area contributed by atoms with Gasteiger partial charge in [-0.05, 0) is 72.9 Å². The highest BCUT2D eigenvalue weighted by Crippen LogP contribution is 2.44. The Hall–Kier alpha value is -3.14. The molecule has 1 amide bonds. The normalized spacial score (nSPS) is 16.9. The first-order valence-corrected chi connectivity index (χ1v) is 13.1. The molecular weight excluding hydrogens is 565 g/mol. The van der Waals surface area contributed by atoms with Gasteiger partial charge in [0.1, 0.15) is 12.6 Å². The monoisotopic (exact) mass is 585 g/mol. The van der Waals surface area contributed by atoms with Crippen LogP contribution in [0.4, 0.5) is 11.4 Å². The number of rotatable bonds is 7. The van der Waals surface area contributed by atoms with Crippen molar-refractivity contribution in [1.29, 1.82) is 0 Å². The van der Waals surface area contributed by atoms with Gasteiger partial charge in [0.15, 0.2) is 5.11 Å². The van der Waals surface area contributed by atoms with E-state index < -0.39 is 0 Å². The zero-order valence-electron chi connectivity index (χ0n) is 20.1. The zero-order chi connectivity index (χ0) is 26.8. The van der Waals surface area contributed by atoms with Crippen LogP contribution in [0.2, 0.25) is 15.1 Å². The molecule has 194 valence electrons. The molecule has 1 aliphatic rings. The lowest BCUT2D eigenvalue weighted by atomic mass is 10.0. The van der Waals surface area contributed by atoms with Crippen molar-refractivity contribution < 1.29 is 9.53 Å². The number of carbonyl (C=O) groups excluding carboxylic acids is 1. The fraction of sp³-hybridized carbons (Fsp3) is 0.148. The van der Waals surface area contributed by atoms with Gasteiger partial charge in [-0.3, -0.25) is 9.78 Å². The molecule has 2 aromatic heterocycles. The number of carbonyl (C=O) groups is 1. The number of halogens is 3. The molecule has 1 fully saturated rings. The lowest BCUT2D eigenvalue weighted by Crippen LogP contribution is -2.30. The summed E-state index contributed by atoms with van der Waals surface area (Å²) >= 11 is 25.2. The number of anilines is 2. The number of amides is 1. The molecule has 2 unspecified atom stereocenters. The molecule has 0 radical (unpaired) electrons. The van der Waals surface area contributed by atoms with Gasteiger partial charge in [0, 0.05) is 35.9 Å². The Morgan fingerprint density at radius 3 is 2.63 bits per heavy atom. The van der Waals surface area contributed by atoms with E-state index in [4.69, 9.17) is 51.8 Å². The third-order valence-electron chi connectivity index (χ3n) is 6.13. The maximum Gasteiger partial charge on any atom is 0.250 e. The fourth-order valence-corrected chi connectivity index (χ4v) is 5.60. The number of hydrogen-bond donors (Lipinski definition) is 2. The first kappa shape index (κ1) is 26.5. The van der Waals surface area contributed by atoms with Crippen LogP contribution in [0, 0.1) is 0 Å². The van der Waals surface area contributed by atoms with Crippen LogP contribution in [0.5, 0.6) is 0 Å². The SMILES string of the molecule is COCC(=O)Nc1ccc(N2C(=S)NC(c3ccccn3)C2c2cccn2-c2ccc(Cl)cc2Cl)cc1Cl. The summed E-state index contributed by atoms with van der Waals surface area (Å²) in [6.45, 7) is -0.0731. The maximum absolute atomic E-state index is 12.0. The molecule has 7 nitrogen and oxygen atoms in total. The van der Waals surface area contributed by atoms with Gasteiger partial charge in [-0.15, -0.1) is 0 Å². The average molecular weight is 587 g/mol. The largest absolute Gasteiger partial charge is 0.375 e. The van der Waals surface area contributed by atoms with E-state index >= 15 is 0 Å². The molecule has 38 heavy (non-hydrogen) atoms. The second-order valence-corrected chi connectivity index (χ2v) is 10.2. The number of aromatic nitrogens is 2. The lowest BCUT2D eigenvalue weighted by Gasteiger charge is -2.29. The van der Waals surface area contributed by atoms with Crippen LogP contribution in [0.3, 0.4) is 0 Å². The van der Waals surface area contributed by atoms with Gasteiger partial charge in [-0.2, -0.15) is 0 Å². The van der Waals surface area contributed by atoms with Gasteiger partial charge in [-0.25, -0.2) is 0 Å². The molecule has 11 heteroatoms. The molecule has 4 aromatic rings. The Balaban J connectivity index is 1.60. The number of hydrogen-bond acceptors (Lipinski definition) is 4. The molecule has 1 aliphatic heterocycles. The Morgan fingerprint density at radius 1 is 1.08 bits per heavy atom. The van der Waals surface area contributed by atoms with Gasteiger partial charge in [0.05, 0.1) is 33.2 Å². The molecule has 2 aromatic carbocycles. The third-order valence-corrected chi connectivity index (χ3v) is 7.30. The van der Waals surface area contributed by atoms with Crippen LogP contribution < -0.4 is 15.5 Å². The average Bonchev–Trinajstić information content (AvgIpc) is 3.50. The van der Waals surface area contributed by atoms with Gasteiger partial charge >= 0.3 is 0 Å². The number of nitrogens with one attached hydrogen (secondary N) is 2. The number of methoxy groups -OCH3 is 1. The van der Waals surface area contributed by atoms with Crippen molar-refractivity contribution in [3.8, 4) is 5.69 Å². The molecular formula is C27H22Cl3N5O2S. The number of pyridine rings is 1. The molecule has 0 spiro atoms. The van der Waals surface area contributed by atoms with Crippen molar-refractivity contribution in [2.75, 3.05) is 23.9 Å². The van der Waals surface area contributed by atoms with E-state index in [0.717, 1.165) is 22.8 Å². The van der Waals surface area contributed by atoms with Crippen molar-refractivity contribution in [3.63, 3.8) is 0 Å². The fourth-order valence-electron chi connectivity index (χ4n) is 4.54. The zero-order valence-corrected chi connectivity index (χ0v) is 23.2. The molecule has 0 saturated carbocycles. The minimum atomic E-state index is -0.316. The minimum absolute atomic E-state index is 0.0731. The van der Waals surface area contributed by atoms with E-state index in [1.807, 2.05) is 58.1 Å². The second-order valence-electron chi connectivity index (χ2n) is 8.54. The van der Waals surface area contributed by atoms with Crippen LogP contribution in [0.15, 0.2) is 79.1 Å². The highest BCUT2D eigenvalue weighted by atomic mass is 35.5. The van der Waals surface area contributed by atoms with Crippen LogP contribution in [-0.2, 0) is 9.53 Å². The summed E-state index contributed by atoms with van der Waals surface area (Å²) in [5.41, 5.74) is 3.75. The van der Waals surface area contributed by atoms with E-state index in [0.29, 0.717) is 25.9 Å². The van der Waals surface area contributed by atoms with Crippen LogP contribution >= 0.6 is 47.0 Å². The van der Waals surface area contributed by atoms with E-state index in [9.17, 15) is 4.79 Å². The highest BCUT2D eigenvalue weighted by molar-refractivity contribution is 7.80. The van der Waals surface area contributed by atoms with E-state index in [2.05, 4.69) is 15.6 Å². The minimum Gasteiger partial charge on any atom is -0.375 e. The van der Waals surface area contributed by atoms with Crippen molar-refractivity contribution in [3.05, 3.63) is 106 Å². The van der Waals surface area contributed by atoms with Gasteiger partial charge < -0.3 is 24.8 Å². The molecule has 0 aliphatic carbocycles. The first-order chi connectivity index (χ1) is 18.4. The quantitative estimate of drug-likeness (QED) is 0.238.